The van der Waals surface area contributed by atoms with Crippen LogP contribution in [-0.4, -0.2) is 20.9 Å². The fourth-order valence-corrected chi connectivity index (χ4v) is 4.80. The molecular formula is C30H29NO5S. The van der Waals surface area contributed by atoms with Gasteiger partial charge in [0.15, 0.2) is 0 Å². The standard InChI is InChI=1S/C30H29NO5S/c32-30(35-23-25-12-6-2-7-13-25)20-27(22-31-21-24-10-4-1-5-11-24)26-16-18-28(19-17-26)36-37(33,34)29-14-8-3-9-15-29/h1-19,27,31H,20-23H2. The molecule has 1 atom stereocenters. The molecule has 0 aromatic heterocycles. The lowest BCUT2D eigenvalue weighted by Gasteiger charge is -2.18. The summed E-state index contributed by atoms with van der Waals surface area (Å²) in [4.78, 5) is 12.8. The molecule has 0 bridgehead atoms. The molecule has 190 valence electrons. The maximum atomic E-state index is 12.7. The molecule has 37 heavy (non-hydrogen) atoms. The number of rotatable bonds is 12. The lowest BCUT2D eigenvalue weighted by atomic mass is 9.95. The van der Waals surface area contributed by atoms with Crippen LogP contribution >= 0.6 is 0 Å². The third kappa shape index (κ3) is 8.03. The highest BCUT2D eigenvalue weighted by atomic mass is 32.2. The van der Waals surface area contributed by atoms with Crippen LogP contribution < -0.4 is 9.50 Å². The Morgan fingerprint density at radius 1 is 0.730 bits per heavy atom. The van der Waals surface area contributed by atoms with Gasteiger partial charge >= 0.3 is 16.1 Å². The third-order valence-electron chi connectivity index (χ3n) is 5.81. The van der Waals surface area contributed by atoms with E-state index in [1.54, 1.807) is 42.5 Å². The maximum Gasteiger partial charge on any atom is 0.339 e. The summed E-state index contributed by atoms with van der Waals surface area (Å²) in [6, 6.07) is 34.3. The Morgan fingerprint density at radius 3 is 1.92 bits per heavy atom. The Balaban J connectivity index is 1.42. The van der Waals surface area contributed by atoms with Crippen LogP contribution in [0.2, 0.25) is 0 Å². The fraction of sp³-hybridized carbons (Fsp3) is 0.167. The van der Waals surface area contributed by atoms with Gasteiger partial charge in [0.25, 0.3) is 0 Å². The lowest BCUT2D eigenvalue weighted by Crippen LogP contribution is -2.24. The minimum absolute atomic E-state index is 0.0863. The quantitative estimate of drug-likeness (QED) is 0.199. The van der Waals surface area contributed by atoms with Crippen molar-refractivity contribution >= 4 is 16.1 Å². The van der Waals surface area contributed by atoms with Gasteiger partial charge in [-0.25, -0.2) is 0 Å². The second-order valence-electron chi connectivity index (χ2n) is 8.58. The number of ether oxygens (including phenoxy) is 1. The third-order valence-corrected chi connectivity index (χ3v) is 7.07. The van der Waals surface area contributed by atoms with Crippen LogP contribution in [0, 0.1) is 0 Å². The van der Waals surface area contributed by atoms with Gasteiger partial charge in [0.1, 0.15) is 17.3 Å². The molecule has 6 nitrogen and oxygen atoms in total. The van der Waals surface area contributed by atoms with Gasteiger partial charge in [-0.3, -0.25) is 4.79 Å². The topological polar surface area (TPSA) is 81.7 Å². The Bertz CT molecular complexity index is 1360. The molecule has 4 aromatic carbocycles. The van der Waals surface area contributed by atoms with Crippen LogP contribution in [0.5, 0.6) is 5.75 Å². The summed E-state index contributed by atoms with van der Waals surface area (Å²) in [5, 5.41) is 3.42. The summed E-state index contributed by atoms with van der Waals surface area (Å²) >= 11 is 0. The maximum absolute atomic E-state index is 12.7. The first kappa shape index (κ1) is 26.1. The van der Waals surface area contributed by atoms with Crippen molar-refractivity contribution in [3.8, 4) is 5.75 Å². The highest BCUT2D eigenvalue weighted by Crippen LogP contribution is 2.25. The molecule has 0 spiro atoms. The molecule has 0 saturated carbocycles. The molecular weight excluding hydrogens is 486 g/mol. The molecule has 1 N–H and O–H groups in total. The Hall–Kier alpha value is -3.94. The summed E-state index contributed by atoms with van der Waals surface area (Å²) in [6.07, 6.45) is 0.178. The van der Waals surface area contributed by atoms with Crippen molar-refractivity contribution in [2.24, 2.45) is 0 Å². The van der Waals surface area contributed by atoms with Crippen molar-refractivity contribution in [1.29, 1.82) is 0 Å². The van der Waals surface area contributed by atoms with Crippen LogP contribution in [0.1, 0.15) is 29.0 Å². The molecule has 7 heteroatoms. The van der Waals surface area contributed by atoms with E-state index in [4.69, 9.17) is 8.92 Å². The Labute approximate surface area is 218 Å². The number of benzene rings is 4. The van der Waals surface area contributed by atoms with E-state index in [1.165, 1.54) is 12.1 Å². The molecule has 0 heterocycles. The summed E-state index contributed by atoms with van der Waals surface area (Å²) in [7, 11) is -3.93. The van der Waals surface area contributed by atoms with E-state index >= 15 is 0 Å². The van der Waals surface area contributed by atoms with Gasteiger partial charge in [0.05, 0.1) is 6.42 Å². The molecule has 0 amide bonds. The van der Waals surface area contributed by atoms with E-state index in [1.807, 2.05) is 60.7 Å². The van der Waals surface area contributed by atoms with Gasteiger partial charge < -0.3 is 14.2 Å². The average molecular weight is 516 g/mol. The predicted molar refractivity (Wildman–Crippen MR) is 142 cm³/mol. The van der Waals surface area contributed by atoms with Gasteiger partial charge in [0.2, 0.25) is 0 Å². The van der Waals surface area contributed by atoms with E-state index in [0.29, 0.717) is 13.1 Å². The molecule has 0 aliphatic rings. The van der Waals surface area contributed by atoms with E-state index in [2.05, 4.69) is 5.32 Å². The zero-order chi connectivity index (χ0) is 25.9. The van der Waals surface area contributed by atoms with Crippen LogP contribution in [0.25, 0.3) is 0 Å². The van der Waals surface area contributed by atoms with E-state index in [0.717, 1.165) is 16.7 Å². The molecule has 0 aliphatic carbocycles. The van der Waals surface area contributed by atoms with Crippen LogP contribution in [0.4, 0.5) is 0 Å². The number of hydrogen-bond acceptors (Lipinski definition) is 6. The SMILES string of the molecule is O=C(CC(CNCc1ccccc1)c1ccc(OS(=O)(=O)c2ccccc2)cc1)OCc1ccccc1. The smallest absolute Gasteiger partial charge is 0.339 e. The lowest BCUT2D eigenvalue weighted by molar-refractivity contribution is -0.145. The van der Waals surface area contributed by atoms with Crippen molar-refractivity contribution in [3.05, 3.63) is 132 Å². The van der Waals surface area contributed by atoms with Crippen molar-refractivity contribution in [2.75, 3.05) is 6.54 Å². The molecule has 0 aliphatic heterocycles. The molecule has 1 unspecified atom stereocenters. The first-order chi connectivity index (χ1) is 18.0. The summed E-state index contributed by atoms with van der Waals surface area (Å²) in [5.74, 6) is -0.274. The number of carbonyl (C=O) groups is 1. The largest absolute Gasteiger partial charge is 0.461 e. The Morgan fingerprint density at radius 2 is 1.30 bits per heavy atom. The van der Waals surface area contributed by atoms with E-state index in [9.17, 15) is 13.2 Å². The van der Waals surface area contributed by atoms with Gasteiger partial charge in [-0.05, 0) is 41.0 Å². The van der Waals surface area contributed by atoms with Crippen molar-refractivity contribution in [1.82, 2.24) is 5.32 Å². The molecule has 0 saturated heterocycles. The number of esters is 1. The summed E-state index contributed by atoms with van der Waals surface area (Å²) in [6.45, 7) is 1.42. The second-order valence-corrected chi connectivity index (χ2v) is 10.1. The monoisotopic (exact) mass is 515 g/mol. The van der Waals surface area contributed by atoms with Gasteiger partial charge in [-0.15, -0.1) is 0 Å². The zero-order valence-electron chi connectivity index (χ0n) is 20.3. The minimum Gasteiger partial charge on any atom is -0.461 e. The number of hydrogen-bond donors (Lipinski definition) is 1. The summed E-state index contributed by atoms with van der Waals surface area (Å²) in [5.41, 5.74) is 2.94. The first-order valence-electron chi connectivity index (χ1n) is 12.0. The van der Waals surface area contributed by atoms with Gasteiger partial charge in [-0.2, -0.15) is 8.42 Å². The van der Waals surface area contributed by atoms with Crippen LogP contribution in [0.15, 0.2) is 120 Å². The fourth-order valence-electron chi connectivity index (χ4n) is 3.85. The molecule has 0 radical (unpaired) electrons. The average Bonchev–Trinajstić information content (AvgIpc) is 2.93. The molecule has 0 fully saturated rings. The van der Waals surface area contributed by atoms with Crippen LogP contribution in [-0.2, 0) is 32.8 Å². The predicted octanol–water partition coefficient (Wildman–Crippen LogP) is 5.46. The van der Waals surface area contributed by atoms with Gasteiger partial charge in [0, 0.05) is 19.0 Å². The van der Waals surface area contributed by atoms with E-state index < -0.39 is 10.1 Å². The number of carbonyl (C=O) groups excluding carboxylic acids is 1. The molecule has 4 rings (SSSR count). The summed E-state index contributed by atoms with van der Waals surface area (Å²) < 4.78 is 35.9. The minimum atomic E-state index is -3.93. The van der Waals surface area contributed by atoms with E-state index in [-0.39, 0.29) is 35.6 Å². The highest BCUT2D eigenvalue weighted by molar-refractivity contribution is 7.87. The van der Waals surface area contributed by atoms with Gasteiger partial charge in [-0.1, -0.05) is 91.0 Å². The van der Waals surface area contributed by atoms with Crippen molar-refractivity contribution in [2.45, 2.75) is 30.4 Å². The Kier molecular flexibility index (Phi) is 9.08. The zero-order valence-corrected chi connectivity index (χ0v) is 21.1. The first-order valence-corrected chi connectivity index (χ1v) is 13.4. The number of nitrogens with one attached hydrogen (secondary N) is 1. The normalized spacial score (nSPS) is 12.0. The van der Waals surface area contributed by atoms with Crippen LogP contribution in [0.3, 0.4) is 0 Å². The second kappa shape index (κ2) is 12.9. The van der Waals surface area contributed by atoms with Crippen molar-refractivity contribution < 1.29 is 22.1 Å². The molecule has 4 aromatic rings. The highest BCUT2D eigenvalue weighted by Gasteiger charge is 2.19. The van der Waals surface area contributed by atoms with Crippen molar-refractivity contribution in [3.63, 3.8) is 0 Å².